The standard InChI is InChI=1S/C14H15BrN2O2S/c1-3-11(14-5-4-6-20-14)16-12-7-9(2)13(17(18)19)8-10(12)15/h4-8,11,16H,3H2,1-2H3. The lowest BCUT2D eigenvalue weighted by molar-refractivity contribution is -0.385. The summed E-state index contributed by atoms with van der Waals surface area (Å²) < 4.78 is 0.713. The highest BCUT2D eigenvalue weighted by Gasteiger charge is 2.17. The van der Waals surface area contributed by atoms with Gasteiger partial charge in [0.25, 0.3) is 5.69 Å². The summed E-state index contributed by atoms with van der Waals surface area (Å²) in [6, 6.07) is 7.71. The first-order valence-corrected chi connectivity index (χ1v) is 7.94. The third kappa shape index (κ3) is 3.19. The van der Waals surface area contributed by atoms with Crippen LogP contribution >= 0.6 is 27.3 Å². The molecule has 4 nitrogen and oxygen atoms in total. The lowest BCUT2D eigenvalue weighted by atomic mass is 10.1. The molecule has 0 amide bonds. The molecule has 1 N–H and O–H groups in total. The quantitative estimate of drug-likeness (QED) is 0.586. The van der Waals surface area contributed by atoms with Crippen molar-refractivity contribution in [1.29, 1.82) is 0 Å². The van der Waals surface area contributed by atoms with Crippen molar-refractivity contribution in [2.24, 2.45) is 0 Å². The summed E-state index contributed by atoms with van der Waals surface area (Å²) in [4.78, 5) is 11.8. The van der Waals surface area contributed by atoms with Crippen molar-refractivity contribution in [3.05, 3.63) is 54.7 Å². The van der Waals surface area contributed by atoms with E-state index < -0.39 is 0 Å². The molecular formula is C14H15BrN2O2S. The smallest absolute Gasteiger partial charge is 0.273 e. The molecule has 1 heterocycles. The number of aryl methyl sites for hydroxylation is 1. The summed E-state index contributed by atoms with van der Waals surface area (Å²) in [5, 5.41) is 16.4. The zero-order valence-corrected chi connectivity index (χ0v) is 13.6. The maximum Gasteiger partial charge on any atom is 0.273 e. The Hall–Kier alpha value is -1.40. The number of thiophene rings is 1. The van der Waals surface area contributed by atoms with Crippen molar-refractivity contribution in [3.63, 3.8) is 0 Å². The van der Waals surface area contributed by atoms with Gasteiger partial charge >= 0.3 is 0 Å². The van der Waals surface area contributed by atoms with Gasteiger partial charge in [0.2, 0.25) is 0 Å². The number of anilines is 1. The predicted molar refractivity (Wildman–Crippen MR) is 86.5 cm³/mol. The number of benzene rings is 1. The molecule has 1 aromatic carbocycles. The average molecular weight is 355 g/mol. The van der Waals surface area contributed by atoms with Gasteiger partial charge in [-0.05, 0) is 46.8 Å². The van der Waals surface area contributed by atoms with Crippen molar-refractivity contribution in [2.75, 3.05) is 5.32 Å². The topological polar surface area (TPSA) is 55.2 Å². The summed E-state index contributed by atoms with van der Waals surface area (Å²) in [6.45, 7) is 3.87. The number of nitrogens with zero attached hydrogens (tertiary/aromatic N) is 1. The van der Waals surface area contributed by atoms with Crippen LogP contribution in [-0.2, 0) is 0 Å². The summed E-state index contributed by atoms with van der Waals surface area (Å²) >= 11 is 5.11. The minimum absolute atomic E-state index is 0.131. The van der Waals surface area contributed by atoms with Gasteiger partial charge < -0.3 is 5.32 Å². The minimum atomic E-state index is -0.361. The van der Waals surface area contributed by atoms with Crippen LogP contribution in [0.2, 0.25) is 0 Å². The average Bonchev–Trinajstić information content (AvgIpc) is 2.92. The van der Waals surface area contributed by atoms with Crippen LogP contribution in [0, 0.1) is 17.0 Å². The van der Waals surface area contributed by atoms with Gasteiger partial charge in [-0.1, -0.05) is 13.0 Å². The summed E-state index contributed by atoms with van der Waals surface area (Å²) in [7, 11) is 0. The number of halogens is 1. The molecule has 6 heteroatoms. The van der Waals surface area contributed by atoms with Crippen LogP contribution in [0.15, 0.2) is 34.1 Å². The maximum absolute atomic E-state index is 10.9. The Balaban J connectivity index is 2.29. The van der Waals surface area contributed by atoms with Crippen molar-refractivity contribution in [2.45, 2.75) is 26.3 Å². The Morgan fingerprint density at radius 2 is 2.25 bits per heavy atom. The van der Waals surface area contributed by atoms with Gasteiger partial charge in [-0.3, -0.25) is 10.1 Å². The fourth-order valence-corrected chi connectivity index (χ4v) is 3.34. The van der Waals surface area contributed by atoms with E-state index in [0.717, 1.165) is 12.1 Å². The normalized spacial score (nSPS) is 12.2. The second-order valence-corrected chi connectivity index (χ2v) is 6.33. The molecule has 2 rings (SSSR count). The third-order valence-electron chi connectivity index (χ3n) is 3.11. The molecule has 0 saturated carbocycles. The van der Waals surface area contributed by atoms with E-state index in [0.29, 0.717) is 10.0 Å². The Labute approximate surface area is 130 Å². The van der Waals surface area contributed by atoms with Crippen LogP contribution < -0.4 is 5.32 Å². The lowest BCUT2D eigenvalue weighted by Gasteiger charge is -2.18. The second-order valence-electron chi connectivity index (χ2n) is 4.50. The first-order chi connectivity index (χ1) is 9.52. The highest BCUT2D eigenvalue weighted by molar-refractivity contribution is 9.10. The van der Waals surface area contributed by atoms with E-state index in [1.807, 2.05) is 12.1 Å². The predicted octanol–water partition coefficient (Wildman–Crippen LogP) is 5.29. The molecule has 0 bridgehead atoms. The van der Waals surface area contributed by atoms with Crippen LogP contribution in [0.1, 0.15) is 29.8 Å². The zero-order chi connectivity index (χ0) is 14.7. The zero-order valence-electron chi connectivity index (χ0n) is 11.2. The molecule has 2 aromatic rings. The fraction of sp³-hybridized carbons (Fsp3) is 0.286. The summed E-state index contributed by atoms with van der Waals surface area (Å²) in [5.41, 5.74) is 1.67. The Kier molecular flexibility index (Phi) is 4.77. The van der Waals surface area contributed by atoms with E-state index >= 15 is 0 Å². The van der Waals surface area contributed by atoms with E-state index in [2.05, 4.69) is 39.6 Å². The molecule has 1 unspecified atom stereocenters. The lowest BCUT2D eigenvalue weighted by Crippen LogP contribution is -2.09. The summed E-state index contributed by atoms with van der Waals surface area (Å²) in [6.07, 6.45) is 0.947. The maximum atomic E-state index is 10.9. The molecule has 0 saturated heterocycles. The Morgan fingerprint density at radius 1 is 1.50 bits per heavy atom. The molecule has 0 spiro atoms. The van der Waals surface area contributed by atoms with E-state index in [9.17, 15) is 10.1 Å². The molecule has 0 aliphatic carbocycles. The first kappa shape index (κ1) is 15.0. The number of nitrogens with one attached hydrogen (secondary N) is 1. The number of hydrogen-bond donors (Lipinski definition) is 1. The van der Waals surface area contributed by atoms with Gasteiger partial charge in [0.1, 0.15) is 0 Å². The van der Waals surface area contributed by atoms with Gasteiger partial charge in [0, 0.05) is 26.7 Å². The highest BCUT2D eigenvalue weighted by atomic mass is 79.9. The van der Waals surface area contributed by atoms with Crippen molar-refractivity contribution in [1.82, 2.24) is 0 Å². The van der Waals surface area contributed by atoms with Crippen LogP contribution in [0.3, 0.4) is 0 Å². The largest absolute Gasteiger partial charge is 0.377 e. The third-order valence-corrected chi connectivity index (χ3v) is 4.75. The molecule has 0 aliphatic heterocycles. The first-order valence-electron chi connectivity index (χ1n) is 6.27. The van der Waals surface area contributed by atoms with Gasteiger partial charge in [0.05, 0.1) is 11.0 Å². The number of rotatable bonds is 5. The molecule has 0 aliphatic rings. The van der Waals surface area contributed by atoms with Crippen LogP contribution in [0.5, 0.6) is 0 Å². The highest BCUT2D eigenvalue weighted by Crippen LogP contribution is 2.34. The SMILES string of the molecule is CCC(Nc1cc(C)c([N+](=O)[O-])cc1Br)c1cccs1. The molecule has 1 atom stereocenters. The van der Waals surface area contributed by atoms with Crippen LogP contribution in [-0.4, -0.2) is 4.92 Å². The Bertz CT molecular complexity index is 614. The number of hydrogen-bond acceptors (Lipinski definition) is 4. The van der Waals surface area contributed by atoms with E-state index in [4.69, 9.17) is 0 Å². The molecular weight excluding hydrogens is 340 g/mol. The van der Waals surface area contributed by atoms with Gasteiger partial charge in [-0.15, -0.1) is 11.3 Å². The van der Waals surface area contributed by atoms with Crippen molar-refractivity contribution < 1.29 is 4.92 Å². The molecule has 106 valence electrons. The van der Waals surface area contributed by atoms with Crippen molar-refractivity contribution in [3.8, 4) is 0 Å². The van der Waals surface area contributed by atoms with Gasteiger partial charge in [-0.2, -0.15) is 0 Å². The minimum Gasteiger partial charge on any atom is -0.377 e. The Morgan fingerprint density at radius 3 is 2.80 bits per heavy atom. The van der Waals surface area contributed by atoms with Crippen molar-refractivity contribution >= 4 is 38.6 Å². The molecule has 0 radical (unpaired) electrons. The molecule has 1 aromatic heterocycles. The second kappa shape index (κ2) is 6.37. The monoisotopic (exact) mass is 354 g/mol. The van der Waals surface area contributed by atoms with Crippen LogP contribution in [0.4, 0.5) is 11.4 Å². The van der Waals surface area contributed by atoms with Gasteiger partial charge in [-0.25, -0.2) is 0 Å². The van der Waals surface area contributed by atoms with E-state index in [1.165, 1.54) is 4.88 Å². The molecule has 0 fully saturated rings. The number of nitro groups is 1. The van der Waals surface area contributed by atoms with E-state index in [-0.39, 0.29) is 16.7 Å². The van der Waals surface area contributed by atoms with Gasteiger partial charge in [0.15, 0.2) is 0 Å². The van der Waals surface area contributed by atoms with Crippen LogP contribution in [0.25, 0.3) is 0 Å². The molecule has 20 heavy (non-hydrogen) atoms. The fourth-order valence-electron chi connectivity index (χ4n) is 2.03. The number of nitro benzene ring substituents is 1. The summed E-state index contributed by atoms with van der Waals surface area (Å²) in [5.74, 6) is 0. The van der Waals surface area contributed by atoms with E-state index in [1.54, 1.807) is 24.3 Å².